The van der Waals surface area contributed by atoms with Crippen molar-refractivity contribution in [2.24, 2.45) is 5.92 Å². The van der Waals surface area contributed by atoms with Gasteiger partial charge in [0.2, 0.25) is 0 Å². The van der Waals surface area contributed by atoms with Crippen LogP contribution >= 0.6 is 24.8 Å². The Labute approximate surface area is 153 Å². The molecule has 0 unspecified atom stereocenters. The van der Waals surface area contributed by atoms with Gasteiger partial charge in [0.05, 0.1) is 17.4 Å². The molecule has 1 aliphatic heterocycles. The topological polar surface area (TPSA) is 61.0 Å². The molecule has 3 rings (SSSR count). The molecule has 1 fully saturated rings. The van der Waals surface area contributed by atoms with Crippen LogP contribution in [0.5, 0.6) is 0 Å². The number of likely N-dealkylation sites (tertiary alicyclic amines) is 1. The van der Waals surface area contributed by atoms with Gasteiger partial charge in [0.25, 0.3) is 5.91 Å². The quantitative estimate of drug-likeness (QED) is 0.861. The van der Waals surface area contributed by atoms with Gasteiger partial charge in [-0.15, -0.1) is 24.8 Å². The highest BCUT2D eigenvalue weighted by Gasteiger charge is 2.25. The number of piperidine rings is 1. The number of fused-ring (bicyclic) bond motifs is 1. The maximum Gasteiger partial charge on any atom is 0.256 e. The number of aromatic amines is 1. The Morgan fingerprint density at radius 2 is 2.08 bits per heavy atom. The van der Waals surface area contributed by atoms with Crippen molar-refractivity contribution in [1.29, 1.82) is 0 Å². The summed E-state index contributed by atoms with van der Waals surface area (Å²) in [6, 6.07) is 2.65. The van der Waals surface area contributed by atoms with Gasteiger partial charge >= 0.3 is 0 Å². The molecule has 1 amide bonds. The molecule has 1 aromatic carbocycles. The van der Waals surface area contributed by atoms with Gasteiger partial charge in [-0.25, -0.2) is 9.37 Å². The number of hydrogen-bond acceptors (Lipinski definition) is 3. The number of H-pyrrole nitrogens is 1. The van der Waals surface area contributed by atoms with E-state index in [0.717, 1.165) is 38.9 Å². The van der Waals surface area contributed by atoms with Crippen molar-refractivity contribution in [3.8, 4) is 0 Å². The van der Waals surface area contributed by atoms with Crippen LogP contribution < -0.4 is 5.32 Å². The Hall–Kier alpha value is -1.37. The van der Waals surface area contributed by atoms with Gasteiger partial charge < -0.3 is 15.2 Å². The minimum Gasteiger partial charge on any atom is -0.344 e. The number of halogens is 3. The van der Waals surface area contributed by atoms with Crippen LogP contribution in [0.25, 0.3) is 11.0 Å². The van der Waals surface area contributed by atoms with E-state index in [-0.39, 0.29) is 30.7 Å². The smallest absolute Gasteiger partial charge is 0.256 e. The van der Waals surface area contributed by atoms with Crippen molar-refractivity contribution in [2.75, 3.05) is 26.7 Å². The second-order valence-electron chi connectivity index (χ2n) is 5.88. The lowest BCUT2D eigenvalue weighted by atomic mass is 9.93. The van der Waals surface area contributed by atoms with Crippen LogP contribution in [0.4, 0.5) is 4.39 Å². The molecule has 2 aromatic rings. The molecular formula is C16H23Cl2FN4O. The Morgan fingerprint density at radius 3 is 2.75 bits per heavy atom. The number of carbonyl (C=O) groups excluding carboxylic acids is 1. The third-order valence-corrected chi connectivity index (χ3v) is 4.42. The van der Waals surface area contributed by atoms with Crippen LogP contribution in [0.3, 0.4) is 0 Å². The van der Waals surface area contributed by atoms with Crippen LogP contribution in [0.2, 0.25) is 0 Å². The summed E-state index contributed by atoms with van der Waals surface area (Å²) in [5, 5.41) is 3.16. The second-order valence-corrected chi connectivity index (χ2v) is 5.88. The van der Waals surface area contributed by atoms with Gasteiger partial charge in [-0.2, -0.15) is 0 Å². The van der Waals surface area contributed by atoms with Gasteiger partial charge in [0, 0.05) is 13.1 Å². The lowest BCUT2D eigenvalue weighted by Gasteiger charge is -2.32. The standard InChI is InChI=1S/C16H21FN4O.2ClH/c1-18-5-2-11-3-6-21(7-4-11)16(22)13-8-12(17)9-14-15(13)20-10-19-14;;/h8-11,18H,2-7H2,1H3,(H,19,20);2*1H. The highest BCUT2D eigenvalue weighted by molar-refractivity contribution is 6.04. The third-order valence-electron chi connectivity index (χ3n) is 4.42. The monoisotopic (exact) mass is 376 g/mol. The van der Waals surface area contributed by atoms with E-state index in [4.69, 9.17) is 0 Å². The molecular weight excluding hydrogens is 354 g/mol. The van der Waals surface area contributed by atoms with Crippen LogP contribution in [0, 0.1) is 11.7 Å². The Bertz CT molecular complexity index is 671. The summed E-state index contributed by atoms with van der Waals surface area (Å²) >= 11 is 0. The fourth-order valence-corrected chi connectivity index (χ4v) is 3.12. The molecule has 5 nitrogen and oxygen atoms in total. The first-order valence-electron chi connectivity index (χ1n) is 7.75. The van der Waals surface area contributed by atoms with Crippen molar-refractivity contribution in [2.45, 2.75) is 19.3 Å². The number of imidazole rings is 1. The lowest BCUT2D eigenvalue weighted by Crippen LogP contribution is -2.39. The van der Waals surface area contributed by atoms with E-state index < -0.39 is 5.82 Å². The minimum atomic E-state index is -0.413. The van der Waals surface area contributed by atoms with E-state index in [1.807, 2.05) is 11.9 Å². The predicted molar refractivity (Wildman–Crippen MR) is 97.7 cm³/mol. The Morgan fingerprint density at radius 1 is 1.38 bits per heavy atom. The number of hydrogen-bond donors (Lipinski definition) is 2. The van der Waals surface area contributed by atoms with Crippen molar-refractivity contribution in [3.63, 3.8) is 0 Å². The summed E-state index contributed by atoms with van der Waals surface area (Å²) in [4.78, 5) is 21.5. The number of carbonyl (C=O) groups is 1. The van der Waals surface area contributed by atoms with Crippen molar-refractivity contribution in [3.05, 3.63) is 29.8 Å². The van der Waals surface area contributed by atoms with E-state index in [1.165, 1.54) is 18.5 Å². The molecule has 1 saturated heterocycles. The Kier molecular flexibility index (Phi) is 7.93. The minimum absolute atomic E-state index is 0. The number of nitrogens with one attached hydrogen (secondary N) is 2. The average Bonchev–Trinajstić information content (AvgIpc) is 3.00. The molecule has 0 atom stereocenters. The van der Waals surface area contributed by atoms with E-state index in [1.54, 1.807) is 0 Å². The maximum absolute atomic E-state index is 13.7. The molecule has 2 heterocycles. The van der Waals surface area contributed by atoms with Crippen molar-refractivity contribution in [1.82, 2.24) is 20.2 Å². The summed E-state index contributed by atoms with van der Waals surface area (Å²) in [5.74, 6) is 0.127. The number of aromatic nitrogens is 2. The van der Waals surface area contributed by atoms with Gasteiger partial charge in [0.1, 0.15) is 11.3 Å². The van der Waals surface area contributed by atoms with Crippen LogP contribution in [0.15, 0.2) is 18.5 Å². The molecule has 2 N–H and O–H groups in total. The molecule has 0 saturated carbocycles. The van der Waals surface area contributed by atoms with E-state index >= 15 is 0 Å². The Balaban J connectivity index is 0.00000144. The molecule has 0 bridgehead atoms. The number of nitrogens with zero attached hydrogens (tertiary/aromatic N) is 2. The van der Waals surface area contributed by atoms with Crippen LogP contribution in [-0.4, -0.2) is 47.5 Å². The number of rotatable bonds is 4. The first-order chi connectivity index (χ1) is 10.7. The average molecular weight is 377 g/mol. The highest BCUT2D eigenvalue weighted by Crippen LogP contribution is 2.24. The molecule has 1 aliphatic rings. The second kappa shape index (κ2) is 9.20. The largest absolute Gasteiger partial charge is 0.344 e. The summed E-state index contributed by atoms with van der Waals surface area (Å²) in [7, 11) is 1.96. The molecule has 0 aliphatic carbocycles. The van der Waals surface area contributed by atoms with E-state index in [0.29, 0.717) is 22.5 Å². The van der Waals surface area contributed by atoms with Gasteiger partial charge in [0.15, 0.2) is 0 Å². The molecule has 1 aromatic heterocycles. The maximum atomic E-state index is 13.7. The highest BCUT2D eigenvalue weighted by atomic mass is 35.5. The fraction of sp³-hybridized carbons (Fsp3) is 0.500. The van der Waals surface area contributed by atoms with Gasteiger partial charge in [-0.1, -0.05) is 0 Å². The van der Waals surface area contributed by atoms with Gasteiger partial charge in [-0.3, -0.25) is 4.79 Å². The molecule has 0 spiro atoms. The lowest BCUT2D eigenvalue weighted by molar-refractivity contribution is 0.0688. The number of benzene rings is 1. The zero-order chi connectivity index (χ0) is 15.5. The number of amides is 1. The fourth-order valence-electron chi connectivity index (χ4n) is 3.12. The van der Waals surface area contributed by atoms with E-state index in [2.05, 4.69) is 15.3 Å². The van der Waals surface area contributed by atoms with Crippen LogP contribution in [0.1, 0.15) is 29.6 Å². The molecule has 24 heavy (non-hydrogen) atoms. The van der Waals surface area contributed by atoms with Crippen molar-refractivity contribution >= 4 is 41.8 Å². The zero-order valence-electron chi connectivity index (χ0n) is 13.5. The van der Waals surface area contributed by atoms with Gasteiger partial charge in [-0.05, 0) is 50.9 Å². The summed E-state index contributed by atoms with van der Waals surface area (Å²) < 4.78 is 13.7. The first-order valence-corrected chi connectivity index (χ1v) is 7.75. The normalized spacial score (nSPS) is 15.0. The SMILES string of the molecule is CNCCC1CCN(C(=O)c2cc(F)cc3[nH]cnc23)CC1.Cl.Cl. The summed E-state index contributed by atoms with van der Waals surface area (Å²) in [6.07, 6.45) is 4.64. The molecule has 0 radical (unpaired) electrons. The van der Waals surface area contributed by atoms with Crippen LogP contribution in [-0.2, 0) is 0 Å². The van der Waals surface area contributed by atoms with Crippen molar-refractivity contribution < 1.29 is 9.18 Å². The zero-order valence-corrected chi connectivity index (χ0v) is 15.2. The summed E-state index contributed by atoms with van der Waals surface area (Å²) in [5.41, 5.74) is 1.46. The predicted octanol–water partition coefficient (Wildman–Crippen LogP) is 3.01. The first kappa shape index (κ1) is 20.7. The summed E-state index contributed by atoms with van der Waals surface area (Å²) in [6.45, 7) is 2.47. The molecule has 134 valence electrons. The molecule has 8 heteroatoms. The third kappa shape index (κ3) is 4.37. The van der Waals surface area contributed by atoms with E-state index in [9.17, 15) is 9.18 Å².